The van der Waals surface area contributed by atoms with Gasteiger partial charge >= 0.3 is 0 Å². The Morgan fingerprint density at radius 3 is 2.24 bits per heavy atom. The maximum absolute atomic E-state index is 14.4. The SMILES string of the molecule is Cc1cc(C)c(C(=O)N2CCN(c3cccc(F)c3S(N)(=O)=O)CC2)cc1CC1CCN(c2ccccc2C#N)CC1. The molecule has 2 aliphatic rings. The van der Waals surface area contributed by atoms with Crippen LogP contribution >= 0.6 is 0 Å². The van der Waals surface area contributed by atoms with Gasteiger partial charge in [0.1, 0.15) is 16.8 Å². The lowest BCUT2D eigenvalue weighted by Crippen LogP contribution is -2.49. The van der Waals surface area contributed by atoms with E-state index in [1.165, 1.54) is 17.2 Å². The number of amides is 1. The number of piperidine rings is 1. The Labute approximate surface area is 247 Å². The van der Waals surface area contributed by atoms with Gasteiger partial charge in [0.05, 0.1) is 16.9 Å². The molecular formula is C32H36FN5O3S. The molecule has 0 spiro atoms. The van der Waals surface area contributed by atoms with Crippen molar-refractivity contribution in [2.24, 2.45) is 11.1 Å². The zero-order chi connectivity index (χ0) is 30.0. The predicted molar refractivity (Wildman–Crippen MR) is 162 cm³/mol. The molecule has 10 heteroatoms. The van der Waals surface area contributed by atoms with E-state index in [1.807, 2.05) is 37.3 Å². The van der Waals surface area contributed by atoms with Crippen LogP contribution in [-0.2, 0) is 16.4 Å². The van der Waals surface area contributed by atoms with E-state index in [1.54, 1.807) is 15.9 Å². The first kappa shape index (κ1) is 29.5. The van der Waals surface area contributed by atoms with Crippen molar-refractivity contribution in [2.45, 2.75) is 38.0 Å². The van der Waals surface area contributed by atoms with Crippen molar-refractivity contribution in [1.82, 2.24) is 4.90 Å². The highest BCUT2D eigenvalue weighted by atomic mass is 32.2. The van der Waals surface area contributed by atoms with Gasteiger partial charge in [-0.3, -0.25) is 4.79 Å². The molecule has 2 heterocycles. The number of sulfonamides is 1. The van der Waals surface area contributed by atoms with E-state index in [2.05, 4.69) is 24.0 Å². The molecule has 42 heavy (non-hydrogen) atoms. The summed E-state index contributed by atoms with van der Waals surface area (Å²) in [7, 11) is -4.25. The molecule has 0 aromatic heterocycles. The van der Waals surface area contributed by atoms with Gasteiger partial charge in [0.15, 0.2) is 0 Å². The highest BCUT2D eigenvalue weighted by Gasteiger charge is 2.29. The van der Waals surface area contributed by atoms with E-state index >= 15 is 0 Å². The number of rotatable bonds is 6. The number of benzene rings is 3. The van der Waals surface area contributed by atoms with Gasteiger partial charge in [-0.1, -0.05) is 24.3 Å². The number of anilines is 2. The summed E-state index contributed by atoms with van der Waals surface area (Å²) in [6.07, 6.45) is 2.92. The van der Waals surface area contributed by atoms with E-state index in [9.17, 15) is 22.9 Å². The summed E-state index contributed by atoms with van der Waals surface area (Å²) in [6.45, 7) is 7.32. The van der Waals surface area contributed by atoms with Gasteiger partial charge in [-0.25, -0.2) is 17.9 Å². The minimum Gasteiger partial charge on any atom is -0.370 e. The van der Waals surface area contributed by atoms with Gasteiger partial charge < -0.3 is 14.7 Å². The minimum absolute atomic E-state index is 0.0535. The topological polar surface area (TPSA) is 111 Å². The minimum atomic E-state index is -4.25. The van der Waals surface area contributed by atoms with Crippen molar-refractivity contribution in [2.75, 3.05) is 49.1 Å². The van der Waals surface area contributed by atoms with Crippen LogP contribution in [0.1, 0.15) is 45.5 Å². The normalized spacial score (nSPS) is 16.4. The molecule has 5 rings (SSSR count). The summed E-state index contributed by atoms with van der Waals surface area (Å²) in [5.74, 6) is -0.445. The summed E-state index contributed by atoms with van der Waals surface area (Å²) in [4.78, 5) is 19.0. The first-order valence-electron chi connectivity index (χ1n) is 14.3. The summed E-state index contributed by atoms with van der Waals surface area (Å²) >= 11 is 0. The quantitative estimate of drug-likeness (QED) is 0.457. The van der Waals surface area contributed by atoms with Gasteiger partial charge in [-0.2, -0.15) is 5.26 Å². The van der Waals surface area contributed by atoms with Crippen LogP contribution in [0.5, 0.6) is 0 Å². The van der Waals surface area contributed by atoms with Crippen molar-refractivity contribution in [3.05, 3.63) is 88.2 Å². The monoisotopic (exact) mass is 589 g/mol. The highest BCUT2D eigenvalue weighted by Crippen LogP contribution is 2.31. The first-order valence-corrected chi connectivity index (χ1v) is 15.8. The number of carbonyl (C=O) groups is 1. The molecule has 8 nitrogen and oxygen atoms in total. The fourth-order valence-corrected chi connectivity index (χ4v) is 7.06. The van der Waals surface area contributed by atoms with Crippen molar-refractivity contribution in [1.29, 1.82) is 5.26 Å². The third-order valence-electron chi connectivity index (χ3n) is 8.54. The number of hydrogen-bond donors (Lipinski definition) is 1. The van der Waals surface area contributed by atoms with Gasteiger partial charge in [0, 0.05) is 44.8 Å². The van der Waals surface area contributed by atoms with E-state index in [-0.39, 0.29) is 11.6 Å². The van der Waals surface area contributed by atoms with Crippen molar-refractivity contribution in [3.63, 3.8) is 0 Å². The smallest absolute Gasteiger partial charge is 0.254 e. The number of primary sulfonamides is 1. The molecule has 3 aromatic carbocycles. The molecule has 0 aliphatic carbocycles. The lowest BCUT2D eigenvalue weighted by atomic mass is 9.86. The van der Waals surface area contributed by atoms with Crippen LogP contribution in [0.25, 0.3) is 0 Å². The molecule has 2 saturated heterocycles. The average molecular weight is 590 g/mol. The number of para-hydroxylation sites is 1. The van der Waals surface area contributed by atoms with Crippen LogP contribution in [0.2, 0.25) is 0 Å². The van der Waals surface area contributed by atoms with Crippen LogP contribution < -0.4 is 14.9 Å². The van der Waals surface area contributed by atoms with Crippen LogP contribution in [-0.4, -0.2) is 58.5 Å². The molecule has 0 saturated carbocycles. The molecule has 2 aliphatic heterocycles. The van der Waals surface area contributed by atoms with Crippen LogP contribution in [0, 0.1) is 36.9 Å². The Bertz CT molecular complexity index is 1640. The van der Waals surface area contributed by atoms with Crippen molar-refractivity contribution >= 4 is 27.3 Å². The van der Waals surface area contributed by atoms with E-state index in [0.717, 1.165) is 49.7 Å². The Hall–Kier alpha value is -3.94. The molecule has 3 aromatic rings. The summed E-state index contributed by atoms with van der Waals surface area (Å²) in [6, 6.07) is 18.2. The first-order chi connectivity index (χ1) is 20.1. The summed E-state index contributed by atoms with van der Waals surface area (Å²) in [5, 5.41) is 14.8. The number of nitriles is 1. The maximum atomic E-state index is 14.4. The number of nitrogens with two attached hydrogens (primary N) is 1. The number of halogens is 1. The molecule has 0 unspecified atom stereocenters. The second-order valence-corrected chi connectivity index (χ2v) is 12.8. The van der Waals surface area contributed by atoms with Gasteiger partial charge in [0.2, 0.25) is 10.0 Å². The molecule has 0 bridgehead atoms. The van der Waals surface area contributed by atoms with E-state index < -0.39 is 20.7 Å². The number of carbonyl (C=O) groups excluding carboxylic acids is 1. The lowest BCUT2D eigenvalue weighted by molar-refractivity contribution is 0.0745. The van der Waals surface area contributed by atoms with E-state index in [0.29, 0.717) is 43.2 Å². The molecule has 2 fully saturated rings. The van der Waals surface area contributed by atoms with Crippen LogP contribution in [0.3, 0.4) is 0 Å². The van der Waals surface area contributed by atoms with Crippen molar-refractivity contribution in [3.8, 4) is 6.07 Å². The standard InChI is InChI=1S/C32H36FN5O3S/c1-22-18-23(2)27(20-26(22)19-24-10-12-36(13-11-24)29-8-4-3-6-25(29)21-34)32(39)38-16-14-37(15-17-38)30-9-5-7-28(33)31(30)42(35,40)41/h3-9,18,20,24H,10-17,19H2,1-2H3,(H2,35,40,41). The molecule has 2 N–H and O–H groups in total. The van der Waals surface area contributed by atoms with Crippen molar-refractivity contribution < 1.29 is 17.6 Å². The number of nitrogens with zero attached hydrogens (tertiary/aromatic N) is 4. The molecule has 0 atom stereocenters. The second kappa shape index (κ2) is 12.1. The number of piperazine rings is 1. The van der Waals surface area contributed by atoms with E-state index in [4.69, 9.17) is 5.14 Å². The zero-order valence-electron chi connectivity index (χ0n) is 24.0. The number of hydrogen-bond acceptors (Lipinski definition) is 6. The third-order valence-corrected chi connectivity index (χ3v) is 9.51. The molecular weight excluding hydrogens is 553 g/mol. The Morgan fingerprint density at radius 1 is 0.929 bits per heavy atom. The highest BCUT2D eigenvalue weighted by molar-refractivity contribution is 7.89. The predicted octanol–water partition coefficient (Wildman–Crippen LogP) is 4.38. The second-order valence-electron chi connectivity index (χ2n) is 11.3. The Morgan fingerprint density at radius 2 is 1.57 bits per heavy atom. The average Bonchev–Trinajstić information content (AvgIpc) is 2.98. The van der Waals surface area contributed by atoms with Gasteiger partial charge in [0.25, 0.3) is 5.91 Å². The fraction of sp³-hybridized carbons (Fsp3) is 0.375. The summed E-state index contributed by atoms with van der Waals surface area (Å²) in [5.41, 5.74) is 5.88. The fourth-order valence-electron chi connectivity index (χ4n) is 6.23. The Kier molecular flexibility index (Phi) is 8.53. The molecule has 220 valence electrons. The maximum Gasteiger partial charge on any atom is 0.254 e. The van der Waals surface area contributed by atoms with Gasteiger partial charge in [-0.15, -0.1) is 0 Å². The largest absolute Gasteiger partial charge is 0.370 e. The Balaban J connectivity index is 1.25. The van der Waals surface area contributed by atoms with Crippen LogP contribution in [0.15, 0.2) is 59.5 Å². The summed E-state index contributed by atoms with van der Waals surface area (Å²) < 4.78 is 38.5. The van der Waals surface area contributed by atoms with Gasteiger partial charge in [-0.05, 0) is 86.1 Å². The van der Waals surface area contributed by atoms with Crippen LogP contribution in [0.4, 0.5) is 15.8 Å². The third kappa shape index (κ3) is 6.13. The zero-order valence-corrected chi connectivity index (χ0v) is 24.8. The molecule has 0 radical (unpaired) electrons. The number of aryl methyl sites for hydroxylation is 2. The molecule has 1 amide bonds. The lowest BCUT2D eigenvalue weighted by Gasteiger charge is -2.37.